The van der Waals surface area contributed by atoms with E-state index >= 15 is 0 Å². The molecule has 0 radical (unpaired) electrons. The van der Waals surface area contributed by atoms with Gasteiger partial charge in [0.15, 0.2) is 0 Å². The fourth-order valence-electron chi connectivity index (χ4n) is 4.47. The van der Waals surface area contributed by atoms with Crippen molar-refractivity contribution >= 4 is 19.8 Å². The van der Waals surface area contributed by atoms with Crippen molar-refractivity contribution in [2.24, 2.45) is 0 Å². The number of para-hydroxylation sites is 1. The molecule has 4 unspecified atom stereocenters. The average molecular weight is 609 g/mol. The lowest BCUT2D eigenvalue weighted by molar-refractivity contribution is -0.142. The third kappa shape index (κ3) is 9.48. The van der Waals surface area contributed by atoms with Crippen LogP contribution < -0.4 is 20.9 Å². The highest BCUT2D eigenvalue weighted by Gasteiger charge is 2.39. The Labute approximate surface area is 245 Å². The Morgan fingerprint density at radius 1 is 1.26 bits per heavy atom. The number of carbonyl (C=O) groups excluding carboxylic acids is 1. The van der Waals surface area contributed by atoms with Crippen LogP contribution in [0, 0.1) is 0 Å². The number of H-pyrrole nitrogens is 1. The fraction of sp³-hybridized carbons (Fsp3) is 0.536. The minimum absolute atomic E-state index is 0.0136. The van der Waals surface area contributed by atoms with E-state index in [0.717, 1.165) is 25.9 Å². The van der Waals surface area contributed by atoms with Crippen molar-refractivity contribution in [3.8, 4) is 5.75 Å². The SMILES string of the molecule is CCCN(C/C=C/c1cn(C2CC(O)C(COP(=O)(N[C@@H](C)C(=O)OC)Oc3ccccc3)O2)c(=O)[nH]c1=O)CCC. The first-order valence-electron chi connectivity index (χ1n) is 14.0. The molecule has 2 aromatic rings. The number of nitrogens with zero attached hydrogens (tertiary/aromatic N) is 2. The van der Waals surface area contributed by atoms with Crippen LogP contribution in [-0.4, -0.2) is 77.1 Å². The second kappa shape index (κ2) is 16.0. The number of rotatable bonds is 16. The highest BCUT2D eigenvalue weighted by Crippen LogP contribution is 2.45. The number of ether oxygens (including phenoxy) is 2. The third-order valence-electron chi connectivity index (χ3n) is 6.53. The second-order valence-corrected chi connectivity index (χ2v) is 11.7. The van der Waals surface area contributed by atoms with Crippen LogP contribution >= 0.6 is 7.75 Å². The summed E-state index contributed by atoms with van der Waals surface area (Å²) in [5, 5.41) is 13.2. The topological polar surface area (TPSA) is 161 Å². The molecule has 5 atom stereocenters. The molecule has 1 aromatic carbocycles. The molecule has 42 heavy (non-hydrogen) atoms. The van der Waals surface area contributed by atoms with Crippen LogP contribution in [0.3, 0.4) is 0 Å². The Hall–Kier alpha value is -3.06. The van der Waals surface area contributed by atoms with Crippen molar-refractivity contribution in [3.63, 3.8) is 0 Å². The van der Waals surface area contributed by atoms with Crippen LogP contribution in [-0.2, 0) is 23.4 Å². The van der Waals surface area contributed by atoms with Crippen molar-refractivity contribution in [2.45, 2.75) is 64.5 Å². The summed E-state index contributed by atoms with van der Waals surface area (Å²) in [5.41, 5.74) is -0.962. The number of hydrogen-bond donors (Lipinski definition) is 3. The molecule has 1 aliphatic heterocycles. The van der Waals surface area contributed by atoms with E-state index in [1.165, 1.54) is 24.8 Å². The Balaban J connectivity index is 1.72. The van der Waals surface area contributed by atoms with E-state index in [0.29, 0.717) is 6.54 Å². The zero-order chi connectivity index (χ0) is 30.7. The molecule has 232 valence electrons. The van der Waals surface area contributed by atoms with E-state index in [4.69, 9.17) is 18.5 Å². The summed E-state index contributed by atoms with van der Waals surface area (Å²) < 4.78 is 36.6. The monoisotopic (exact) mass is 608 g/mol. The number of nitrogens with one attached hydrogen (secondary N) is 2. The minimum Gasteiger partial charge on any atom is -0.468 e. The molecule has 0 amide bonds. The molecule has 1 aromatic heterocycles. The molecule has 0 bridgehead atoms. The summed E-state index contributed by atoms with van der Waals surface area (Å²) in [4.78, 5) is 41.6. The van der Waals surface area contributed by atoms with E-state index in [1.54, 1.807) is 36.4 Å². The Bertz CT molecular complexity index is 1340. The summed E-state index contributed by atoms with van der Waals surface area (Å²) >= 11 is 0. The summed E-state index contributed by atoms with van der Waals surface area (Å²) in [6, 6.07) is 7.20. The number of esters is 1. The van der Waals surface area contributed by atoms with Crippen LogP contribution in [0.1, 0.15) is 51.8 Å². The normalized spacial score (nSPS) is 21.0. The van der Waals surface area contributed by atoms with E-state index in [1.807, 2.05) is 6.08 Å². The lowest BCUT2D eigenvalue weighted by atomic mass is 10.2. The van der Waals surface area contributed by atoms with Crippen LogP contribution in [0.2, 0.25) is 0 Å². The van der Waals surface area contributed by atoms with Crippen molar-refractivity contribution in [1.29, 1.82) is 0 Å². The maximum absolute atomic E-state index is 13.6. The van der Waals surface area contributed by atoms with Crippen molar-refractivity contribution in [3.05, 3.63) is 69.0 Å². The van der Waals surface area contributed by atoms with E-state index < -0.39 is 56.0 Å². The largest absolute Gasteiger partial charge is 0.468 e. The molecule has 13 nitrogen and oxygen atoms in total. The molecule has 0 saturated carbocycles. The number of methoxy groups -OCH3 is 1. The Morgan fingerprint density at radius 3 is 2.60 bits per heavy atom. The van der Waals surface area contributed by atoms with Gasteiger partial charge in [0.05, 0.1) is 25.4 Å². The van der Waals surface area contributed by atoms with E-state index in [2.05, 4.69) is 28.8 Å². The Kier molecular flexibility index (Phi) is 12.7. The van der Waals surface area contributed by atoms with Gasteiger partial charge in [-0.25, -0.2) is 9.36 Å². The smallest absolute Gasteiger partial charge is 0.459 e. The number of aromatic amines is 1. The van der Waals surface area contributed by atoms with Crippen LogP contribution in [0.15, 0.2) is 52.2 Å². The van der Waals surface area contributed by atoms with Gasteiger partial charge in [0.1, 0.15) is 24.1 Å². The number of benzene rings is 1. The van der Waals surface area contributed by atoms with Gasteiger partial charge in [0.25, 0.3) is 5.56 Å². The van der Waals surface area contributed by atoms with Crippen molar-refractivity contribution in [1.82, 2.24) is 19.5 Å². The maximum Gasteiger partial charge on any atom is 0.459 e. The highest BCUT2D eigenvalue weighted by atomic mass is 31.2. The zero-order valence-electron chi connectivity index (χ0n) is 24.4. The first-order valence-corrected chi connectivity index (χ1v) is 15.6. The fourth-order valence-corrected chi connectivity index (χ4v) is 5.98. The molecule has 0 aliphatic carbocycles. The van der Waals surface area contributed by atoms with Gasteiger partial charge < -0.3 is 19.1 Å². The van der Waals surface area contributed by atoms with Gasteiger partial charge in [0, 0.05) is 19.2 Å². The standard InChI is InChI=1S/C28H41N4O9P/c1-5-14-31(15-6-2)16-10-11-21-18-32(28(36)29-26(21)34)25-17-23(33)24(40-25)19-39-42(37,30-20(3)27(35)38-4)41-22-12-8-7-9-13-22/h7-13,18,20,23-25,33H,5-6,14-17,19H2,1-4H3,(H,30,37)(H,29,34,36)/b11-10+/t20-,23?,24?,25?,42?/m0/s1. The average Bonchev–Trinajstić information content (AvgIpc) is 3.33. The Morgan fingerprint density at radius 2 is 1.95 bits per heavy atom. The molecular weight excluding hydrogens is 567 g/mol. The summed E-state index contributed by atoms with van der Waals surface area (Å²) in [6.45, 7) is 7.79. The molecule has 0 spiro atoms. The highest BCUT2D eigenvalue weighted by molar-refractivity contribution is 7.52. The number of aromatic nitrogens is 2. The van der Waals surface area contributed by atoms with Crippen LogP contribution in [0.5, 0.6) is 5.75 Å². The van der Waals surface area contributed by atoms with E-state index in [9.17, 15) is 24.1 Å². The molecule has 1 saturated heterocycles. The second-order valence-electron chi connectivity index (χ2n) is 9.96. The first-order chi connectivity index (χ1) is 20.1. The summed E-state index contributed by atoms with van der Waals surface area (Å²) in [7, 11) is -2.97. The maximum atomic E-state index is 13.6. The molecule has 14 heteroatoms. The van der Waals surface area contributed by atoms with Crippen molar-refractivity contribution < 1.29 is 33.0 Å². The molecular formula is C28H41N4O9P. The van der Waals surface area contributed by atoms with Crippen LogP contribution in [0.4, 0.5) is 0 Å². The first kappa shape index (κ1) is 33.4. The third-order valence-corrected chi connectivity index (χ3v) is 8.18. The lowest BCUT2D eigenvalue weighted by Gasteiger charge is -2.24. The van der Waals surface area contributed by atoms with Gasteiger partial charge in [-0.05, 0) is 45.0 Å². The summed E-state index contributed by atoms with van der Waals surface area (Å²) in [5.74, 6) is -0.456. The van der Waals surface area contributed by atoms with Gasteiger partial charge in [-0.2, -0.15) is 5.09 Å². The quantitative estimate of drug-likeness (QED) is 0.190. The number of aliphatic hydroxyl groups excluding tert-OH is 1. The summed E-state index contributed by atoms with van der Waals surface area (Å²) in [6.07, 6.45) is 3.96. The van der Waals surface area contributed by atoms with Gasteiger partial charge in [-0.15, -0.1) is 0 Å². The van der Waals surface area contributed by atoms with Crippen molar-refractivity contribution in [2.75, 3.05) is 33.4 Å². The predicted octanol–water partition coefficient (Wildman–Crippen LogP) is 2.67. The number of aliphatic hydroxyl groups is 1. The lowest BCUT2D eigenvalue weighted by Crippen LogP contribution is -2.36. The molecule has 3 rings (SSSR count). The molecule has 2 heterocycles. The van der Waals surface area contributed by atoms with Gasteiger partial charge in [0.2, 0.25) is 0 Å². The van der Waals surface area contributed by atoms with Gasteiger partial charge in [-0.3, -0.25) is 28.6 Å². The van der Waals surface area contributed by atoms with Crippen LogP contribution in [0.25, 0.3) is 6.08 Å². The van der Waals surface area contributed by atoms with Gasteiger partial charge in [-0.1, -0.05) is 44.2 Å². The molecule has 1 fully saturated rings. The van der Waals surface area contributed by atoms with Gasteiger partial charge >= 0.3 is 19.4 Å². The minimum atomic E-state index is -4.16. The number of hydrogen-bond acceptors (Lipinski definition) is 10. The molecule has 1 aliphatic rings. The molecule has 3 N–H and O–H groups in total. The number of carbonyl (C=O) groups is 1. The zero-order valence-corrected chi connectivity index (χ0v) is 25.3. The predicted molar refractivity (Wildman–Crippen MR) is 157 cm³/mol. The van der Waals surface area contributed by atoms with E-state index in [-0.39, 0.29) is 17.7 Å².